The molecule has 0 aromatic carbocycles. The number of unbranched alkanes of at least 4 members (excludes halogenated alkanes) is 2. The molecule has 1 amide bonds. The highest BCUT2D eigenvalue weighted by Gasteiger charge is 2.18. The normalized spacial score (nSPS) is 12.4. The lowest BCUT2D eigenvalue weighted by Crippen LogP contribution is -2.28. The van der Waals surface area contributed by atoms with E-state index in [1.807, 2.05) is 12.3 Å². The van der Waals surface area contributed by atoms with E-state index in [4.69, 9.17) is 10.2 Å². The lowest BCUT2D eigenvalue weighted by molar-refractivity contribution is -0.124. The van der Waals surface area contributed by atoms with Crippen LogP contribution in [0.5, 0.6) is 0 Å². The van der Waals surface area contributed by atoms with Crippen molar-refractivity contribution in [3.63, 3.8) is 0 Å². The number of nitrogens with one attached hydrogen (secondary N) is 1. The molecule has 0 spiro atoms. The van der Waals surface area contributed by atoms with Crippen LogP contribution in [-0.2, 0) is 17.8 Å². The molecule has 0 unspecified atom stereocenters. The number of amides is 1. The summed E-state index contributed by atoms with van der Waals surface area (Å²) in [5, 5.41) is 8.57. The maximum Gasteiger partial charge on any atom is 0.267 e. The van der Waals surface area contributed by atoms with E-state index in [0.717, 1.165) is 50.4 Å². The number of imidazole rings is 1. The van der Waals surface area contributed by atoms with E-state index < -0.39 is 5.91 Å². The SMILES string of the molecule is C=Cn1c(C=CC=CC(=O)NO)nc(CCCCC)c1CN(CC)CCC(C)(C)C. The van der Waals surface area contributed by atoms with Crippen molar-refractivity contribution in [3.05, 3.63) is 42.0 Å². The second-order valence-electron chi connectivity index (χ2n) is 8.75. The number of aryl methyl sites for hydroxylation is 1. The molecule has 0 radical (unpaired) electrons. The Kier molecular flexibility index (Phi) is 11.4. The first-order valence-corrected chi connectivity index (χ1v) is 11.0. The van der Waals surface area contributed by atoms with Crippen LogP contribution in [0.15, 0.2) is 24.8 Å². The van der Waals surface area contributed by atoms with E-state index >= 15 is 0 Å². The number of carbonyl (C=O) groups excluding carboxylic acids is 1. The van der Waals surface area contributed by atoms with Gasteiger partial charge >= 0.3 is 0 Å². The van der Waals surface area contributed by atoms with Crippen LogP contribution in [0.2, 0.25) is 0 Å². The molecule has 0 saturated heterocycles. The summed E-state index contributed by atoms with van der Waals surface area (Å²) >= 11 is 0. The number of hydrogen-bond donors (Lipinski definition) is 2. The molecule has 1 aromatic rings. The Balaban J connectivity index is 3.14. The predicted molar refractivity (Wildman–Crippen MR) is 125 cm³/mol. The molecule has 0 aliphatic rings. The Bertz CT molecular complexity index is 726. The molecule has 0 bridgehead atoms. The van der Waals surface area contributed by atoms with Crippen molar-refractivity contribution in [2.45, 2.75) is 73.3 Å². The van der Waals surface area contributed by atoms with E-state index in [9.17, 15) is 4.79 Å². The van der Waals surface area contributed by atoms with Crippen molar-refractivity contribution in [3.8, 4) is 0 Å². The third-order valence-electron chi connectivity index (χ3n) is 5.03. The molecule has 0 aliphatic carbocycles. The molecule has 0 saturated carbocycles. The average Bonchev–Trinajstić information content (AvgIpc) is 3.03. The van der Waals surface area contributed by atoms with Gasteiger partial charge in [-0.05, 0) is 43.8 Å². The maximum absolute atomic E-state index is 11.1. The van der Waals surface area contributed by atoms with Crippen LogP contribution in [0.1, 0.15) is 77.5 Å². The van der Waals surface area contributed by atoms with E-state index in [-0.39, 0.29) is 0 Å². The topological polar surface area (TPSA) is 70.4 Å². The Hall–Kier alpha value is -2.18. The fourth-order valence-electron chi connectivity index (χ4n) is 3.14. The van der Waals surface area contributed by atoms with Crippen molar-refractivity contribution in [1.29, 1.82) is 0 Å². The maximum atomic E-state index is 11.1. The summed E-state index contributed by atoms with van der Waals surface area (Å²) in [6, 6.07) is 0. The van der Waals surface area contributed by atoms with Gasteiger partial charge in [-0.2, -0.15) is 0 Å². The summed E-state index contributed by atoms with van der Waals surface area (Å²) in [6.45, 7) is 18.1. The summed E-state index contributed by atoms with van der Waals surface area (Å²) in [5.74, 6) is 0.234. The van der Waals surface area contributed by atoms with Crippen LogP contribution < -0.4 is 5.48 Å². The first-order chi connectivity index (χ1) is 14.3. The summed E-state index contributed by atoms with van der Waals surface area (Å²) in [6.07, 6.45) is 13.8. The number of rotatable bonds is 13. The Labute approximate surface area is 182 Å². The lowest BCUT2D eigenvalue weighted by Gasteiger charge is -2.26. The molecule has 30 heavy (non-hydrogen) atoms. The molecule has 6 nitrogen and oxygen atoms in total. The standard InChI is InChI=1S/C24H40N4O2/c1-7-10-11-14-20-21(19-27(8-2)18-17-24(4,5)6)28(9-3)22(25-20)15-12-13-16-23(29)26-30/h9,12-13,15-16,30H,3,7-8,10-11,14,17-19H2,1-2,4-6H3,(H,26,29). The third kappa shape index (κ3) is 9.09. The molecular formula is C24H40N4O2. The second-order valence-corrected chi connectivity index (χ2v) is 8.75. The largest absolute Gasteiger partial charge is 0.303 e. The molecule has 168 valence electrons. The molecule has 2 N–H and O–H groups in total. The molecule has 0 fully saturated rings. The molecule has 1 rings (SSSR count). The number of hydroxylamine groups is 1. The van der Waals surface area contributed by atoms with Crippen molar-refractivity contribution >= 4 is 18.2 Å². The number of carbonyl (C=O) groups is 1. The van der Waals surface area contributed by atoms with Crippen LogP contribution in [0.4, 0.5) is 0 Å². The van der Waals surface area contributed by atoms with Crippen LogP contribution in [0.3, 0.4) is 0 Å². The highest BCUT2D eigenvalue weighted by Crippen LogP contribution is 2.22. The highest BCUT2D eigenvalue weighted by atomic mass is 16.5. The predicted octanol–water partition coefficient (Wildman–Crippen LogP) is 5.05. The quantitative estimate of drug-likeness (QED) is 0.155. The van der Waals surface area contributed by atoms with Gasteiger partial charge in [0.25, 0.3) is 5.91 Å². The van der Waals surface area contributed by atoms with Gasteiger partial charge < -0.3 is 4.57 Å². The Morgan fingerprint density at radius 3 is 2.57 bits per heavy atom. The number of aromatic nitrogens is 2. The van der Waals surface area contributed by atoms with Crippen LogP contribution >= 0.6 is 0 Å². The van der Waals surface area contributed by atoms with Crippen molar-refractivity contribution in [1.82, 2.24) is 19.9 Å². The van der Waals surface area contributed by atoms with Crippen molar-refractivity contribution < 1.29 is 10.0 Å². The summed E-state index contributed by atoms with van der Waals surface area (Å²) in [5.41, 5.74) is 4.19. The number of nitrogens with zero attached hydrogens (tertiary/aromatic N) is 3. The minimum absolute atomic E-state index is 0.303. The van der Waals surface area contributed by atoms with E-state index in [1.54, 1.807) is 17.6 Å². The first kappa shape index (κ1) is 25.9. The third-order valence-corrected chi connectivity index (χ3v) is 5.03. The molecule has 1 aromatic heterocycles. The molecule has 1 heterocycles. The molecular weight excluding hydrogens is 376 g/mol. The lowest BCUT2D eigenvalue weighted by atomic mass is 9.92. The van der Waals surface area contributed by atoms with Crippen LogP contribution in [0, 0.1) is 5.41 Å². The van der Waals surface area contributed by atoms with Gasteiger partial charge in [0.2, 0.25) is 0 Å². The fraction of sp³-hybridized carbons (Fsp3) is 0.583. The number of allylic oxidation sites excluding steroid dienone is 2. The van der Waals surface area contributed by atoms with Gasteiger partial charge in [-0.1, -0.05) is 66.2 Å². The van der Waals surface area contributed by atoms with Crippen molar-refractivity contribution in [2.75, 3.05) is 13.1 Å². The summed E-state index contributed by atoms with van der Waals surface area (Å²) < 4.78 is 2.05. The Morgan fingerprint density at radius 2 is 2.00 bits per heavy atom. The van der Waals surface area contributed by atoms with Crippen molar-refractivity contribution in [2.24, 2.45) is 5.41 Å². The number of hydrogen-bond acceptors (Lipinski definition) is 4. The van der Waals surface area contributed by atoms with Gasteiger partial charge in [0.15, 0.2) is 0 Å². The van der Waals surface area contributed by atoms with Crippen LogP contribution in [0.25, 0.3) is 12.3 Å². The van der Waals surface area contributed by atoms with E-state index in [0.29, 0.717) is 5.41 Å². The van der Waals surface area contributed by atoms with Gasteiger partial charge in [-0.25, -0.2) is 10.5 Å². The fourth-order valence-corrected chi connectivity index (χ4v) is 3.14. The van der Waals surface area contributed by atoms with Crippen LogP contribution in [-0.4, -0.2) is 38.7 Å². The highest BCUT2D eigenvalue weighted by molar-refractivity contribution is 5.86. The van der Waals surface area contributed by atoms with E-state index in [2.05, 4.69) is 50.7 Å². The monoisotopic (exact) mass is 416 g/mol. The zero-order valence-electron chi connectivity index (χ0n) is 19.4. The summed E-state index contributed by atoms with van der Waals surface area (Å²) in [4.78, 5) is 18.5. The minimum Gasteiger partial charge on any atom is -0.303 e. The molecule has 0 atom stereocenters. The van der Waals surface area contributed by atoms with E-state index in [1.165, 1.54) is 24.6 Å². The molecule has 0 aliphatic heterocycles. The average molecular weight is 417 g/mol. The minimum atomic E-state index is -0.565. The second kappa shape index (κ2) is 13.2. The van der Waals surface area contributed by atoms with Gasteiger partial charge in [0.05, 0.1) is 11.4 Å². The smallest absolute Gasteiger partial charge is 0.267 e. The molecule has 6 heteroatoms. The zero-order chi connectivity index (χ0) is 22.6. The Morgan fingerprint density at radius 1 is 1.27 bits per heavy atom. The first-order valence-electron chi connectivity index (χ1n) is 11.0. The van der Waals surface area contributed by atoms with Gasteiger partial charge in [0.1, 0.15) is 5.82 Å². The summed E-state index contributed by atoms with van der Waals surface area (Å²) in [7, 11) is 0. The van der Waals surface area contributed by atoms with Gasteiger partial charge in [0, 0.05) is 18.8 Å². The van der Waals surface area contributed by atoms with Gasteiger partial charge in [-0.3, -0.25) is 14.9 Å². The van der Waals surface area contributed by atoms with Gasteiger partial charge in [-0.15, -0.1) is 0 Å². The zero-order valence-corrected chi connectivity index (χ0v) is 19.4.